The first-order valence-corrected chi connectivity index (χ1v) is 7.65. The summed E-state index contributed by atoms with van der Waals surface area (Å²) in [5, 5.41) is 27.4. The minimum Gasteiger partial charge on any atom is -0.496 e. The van der Waals surface area contributed by atoms with E-state index in [9.17, 15) is 15.0 Å². The van der Waals surface area contributed by atoms with Gasteiger partial charge in [-0.15, -0.1) is 0 Å². The molecule has 6 nitrogen and oxygen atoms in total. The van der Waals surface area contributed by atoms with Gasteiger partial charge in [-0.05, 0) is 18.9 Å². The predicted octanol–water partition coefficient (Wildman–Crippen LogP) is 1.68. The number of carboxylic acid groups (broad SMARTS) is 1. The van der Waals surface area contributed by atoms with Gasteiger partial charge in [0.1, 0.15) is 13.2 Å². The Kier molecular flexibility index (Phi) is 12.0. The van der Waals surface area contributed by atoms with Crippen LogP contribution in [0.15, 0.2) is 12.3 Å². The van der Waals surface area contributed by atoms with Gasteiger partial charge in [0.05, 0.1) is 19.2 Å². The van der Waals surface area contributed by atoms with Gasteiger partial charge in [-0.2, -0.15) is 0 Å². The molecule has 0 unspecified atom stereocenters. The van der Waals surface area contributed by atoms with Crippen LogP contribution >= 0.6 is 0 Å². The lowest BCUT2D eigenvalue weighted by Crippen LogP contribution is -2.52. The monoisotopic (exact) mass is 304 g/mol. The van der Waals surface area contributed by atoms with Gasteiger partial charge in [-0.3, -0.25) is 9.28 Å². The predicted molar refractivity (Wildman–Crippen MR) is 80.3 cm³/mol. The second-order valence-electron chi connectivity index (χ2n) is 5.31. The van der Waals surface area contributed by atoms with Crippen LogP contribution in [0.2, 0.25) is 0 Å². The topological polar surface area (TPSA) is 87.0 Å². The number of carboxylic acids is 1. The zero-order valence-corrected chi connectivity index (χ0v) is 13.0. The highest BCUT2D eigenvalue weighted by atomic mass is 16.5. The van der Waals surface area contributed by atoms with Crippen molar-refractivity contribution in [3.63, 3.8) is 0 Å². The Bertz CT molecular complexity index is 290. The molecule has 124 valence electrons. The van der Waals surface area contributed by atoms with Crippen molar-refractivity contribution in [1.29, 1.82) is 0 Å². The fourth-order valence-corrected chi connectivity index (χ4v) is 1.91. The maximum absolute atomic E-state index is 10.6. The average molecular weight is 304 g/mol. The van der Waals surface area contributed by atoms with Crippen molar-refractivity contribution in [2.45, 2.75) is 45.4 Å². The standard InChI is InChI=1S/C15H29NO5/c1-2-3-4-5-6-7-11-21-12-10-16(13-17,14-18)9-8-15(19)20/h7,11,17-18H,2-6,8-10,12-14H2,1H3/p+1/b11-7+. The highest BCUT2D eigenvalue weighted by Gasteiger charge is 2.26. The summed E-state index contributed by atoms with van der Waals surface area (Å²) in [6, 6.07) is 0. The van der Waals surface area contributed by atoms with Crippen LogP contribution in [0.4, 0.5) is 0 Å². The third kappa shape index (κ3) is 10.3. The normalized spacial score (nSPS) is 12.0. The Hall–Kier alpha value is -1.11. The van der Waals surface area contributed by atoms with E-state index in [0.717, 1.165) is 12.8 Å². The van der Waals surface area contributed by atoms with E-state index in [1.807, 2.05) is 6.08 Å². The quantitative estimate of drug-likeness (QED) is 0.197. The SMILES string of the molecule is CCCCCC/C=C/OCC[N+](CO)(CO)CCC(=O)O. The van der Waals surface area contributed by atoms with Gasteiger partial charge in [0, 0.05) is 0 Å². The smallest absolute Gasteiger partial charge is 0.309 e. The van der Waals surface area contributed by atoms with E-state index in [2.05, 4.69) is 6.92 Å². The summed E-state index contributed by atoms with van der Waals surface area (Å²) in [5.41, 5.74) is 0. The number of hydrogen-bond donors (Lipinski definition) is 3. The van der Waals surface area contributed by atoms with Gasteiger partial charge in [0.15, 0.2) is 13.5 Å². The maximum Gasteiger partial charge on any atom is 0.309 e. The molecule has 0 fully saturated rings. The van der Waals surface area contributed by atoms with E-state index in [1.165, 1.54) is 19.3 Å². The molecule has 0 aromatic heterocycles. The largest absolute Gasteiger partial charge is 0.496 e. The van der Waals surface area contributed by atoms with Gasteiger partial charge in [0.2, 0.25) is 0 Å². The second-order valence-corrected chi connectivity index (χ2v) is 5.31. The summed E-state index contributed by atoms with van der Waals surface area (Å²) in [4.78, 5) is 10.6. The minimum absolute atomic E-state index is 0.0728. The molecule has 0 saturated heterocycles. The summed E-state index contributed by atoms with van der Waals surface area (Å²) in [5.74, 6) is -0.938. The highest BCUT2D eigenvalue weighted by molar-refractivity contribution is 5.66. The second kappa shape index (κ2) is 12.6. The van der Waals surface area contributed by atoms with E-state index in [4.69, 9.17) is 9.84 Å². The van der Waals surface area contributed by atoms with Crippen molar-refractivity contribution in [2.75, 3.05) is 33.2 Å². The first-order chi connectivity index (χ1) is 10.1. The Labute approximate surface area is 127 Å². The van der Waals surface area contributed by atoms with E-state index < -0.39 is 5.97 Å². The number of aliphatic carboxylic acids is 1. The third-order valence-electron chi connectivity index (χ3n) is 3.50. The van der Waals surface area contributed by atoms with Crippen LogP contribution in [-0.2, 0) is 9.53 Å². The molecule has 0 rings (SSSR count). The molecule has 6 heteroatoms. The van der Waals surface area contributed by atoms with Gasteiger partial charge in [-0.25, -0.2) is 0 Å². The van der Waals surface area contributed by atoms with Crippen molar-refractivity contribution < 1.29 is 29.3 Å². The Morgan fingerprint density at radius 2 is 1.86 bits per heavy atom. The maximum atomic E-state index is 10.6. The van der Waals surface area contributed by atoms with Gasteiger partial charge >= 0.3 is 5.97 Å². The van der Waals surface area contributed by atoms with Crippen molar-refractivity contribution in [3.8, 4) is 0 Å². The molecule has 0 heterocycles. The molecule has 0 spiro atoms. The van der Waals surface area contributed by atoms with Crippen LogP contribution in [0.3, 0.4) is 0 Å². The lowest BCUT2D eigenvalue weighted by Gasteiger charge is -2.33. The van der Waals surface area contributed by atoms with Crippen molar-refractivity contribution in [3.05, 3.63) is 12.3 Å². The number of carbonyl (C=O) groups is 1. The molecular formula is C15H30NO5+. The van der Waals surface area contributed by atoms with E-state index >= 15 is 0 Å². The number of allylic oxidation sites excluding steroid dienone is 1. The zero-order valence-electron chi connectivity index (χ0n) is 13.0. The first kappa shape index (κ1) is 19.9. The van der Waals surface area contributed by atoms with E-state index in [-0.39, 0.29) is 30.9 Å². The van der Waals surface area contributed by atoms with Gasteiger partial charge in [-0.1, -0.05) is 26.2 Å². The van der Waals surface area contributed by atoms with Crippen LogP contribution in [-0.4, -0.2) is 58.9 Å². The van der Waals surface area contributed by atoms with Gasteiger partial charge < -0.3 is 20.1 Å². The average Bonchev–Trinajstić information content (AvgIpc) is 2.49. The number of aliphatic hydroxyl groups is 2. The molecule has 0 aliphatic rings. The molecule has 0 atom stereocenters. The van der Waals surface area contributed by atoms with Crippen molar-refractivity contribution in [2.24, 2.45) is 0 Å². The van der Waals surface area contributed by atoms with Crippen molar-refractivity contribution >= 4 is 5.97 Å². The molecule has 0 amide bonds. The number of ether oxygens (including phenoxy) is 1. The van der Waals surface area contributed by atoms with Crippen LogP contribution in [0.1, 0.15) is 45.4 Å². The molecule has 0 radical (unpaired) electrons. The van der Waals surface area contributed by atoms with Crippen LogP contribution in [0.5, 0.6) is 0 Å². The summed E-state index contributed by atoms with van der Waals surface area (Å²) in [7, 11) is 0. The number of hydrogen-bond acceptors (Lipinski definition) is 4. The van der Waals surface area contributed by atoms with Crippen LogP contribution in [0.25, 0.3) is 0 Å². The number of aliphatic hydroxyl groups excluding tert-OH is 2. The summed E-state index contributed by atoms with van der Waals surface area (Å²) >= 11 is 0. The first-order valence-electron chi connectivity index (χ1n) is 7.65. The Morgan fingerprint density at radius 1 is 1.14 bits per heavy atom. The minimum atomic E-state index is -0.938. The molecule has 21 heavy (non-hydrogen) atoms. The van der Waals surface area contributed by atoms with E-state index in [1.54, 1.807) is 6.26 Å². The van der Waals surface area contributed by atoms with E-state index in [0.29, 0.717) is 13.2 Å². The molecule has 0 aromatic carbocycles. The summed E-state index contributed by atoms with van der Waals surface area (Å²) in [6.07, 6.45) is 9.37. The molecule has 0 aliphatic heterocycles. The summed E-state index contributed by atoms with van der Waals surface area (Å²) < 4.78 is 5.27. The van der Waals surface area contributed by atoms with Crippen molar-refractivity contribution in [1.82, 2.24) is 0 Å². The fourth-order valence-electron chi connectivity index (χ4n) is 1.91. The Balaban J connectivity index is 3.87. The zero-order chi connectivity index (χ0) is 16.0. The van der Waals surface area contributed by atoms with Gasteiger partial charge in [0.25, 0.3) is 0 Å². The number of nitrogens with zero attached hydrogens (tertiary/aromatic N) is 1. The summed E-state index contributed by atoms with van der Waals surface area (Å²) in [6.45, 7) is 2.48. The fraction of sp³-hybridized carbons (Fsp3) is 0.800. The molecular weight excluding hydrogens is 274 g/mol. The molecule has 0 aromatic rings. The number of quaternary nitrogens is 1. The molecule has 0 bridgehead atoms. The lowest BCUT2D eigenvalue weighted by atomic mass is 10.1. The molecule has 0 aliphatic carbocycles. The number of rotatable bonds is 14. The lowest BCUT2D eigenvalue weighted by molar-refractivity contribution is -0.960. The molecule has 3 N–H and O–H groups in total. The third-order valence-corrected chi connectivity index (χ3v) is 3.50. The Morgan fingerprint density at radius 3 is 2.43 bits per heavy atom. The molecule has 0 saturated carbocycles. The number of unbranched alkanes of at least 4 members (excludes halogenated alkanes) is 4. The van der Waals surface area contributed by atoms with Crippen LogP contribution < -0.4 is 0 Å². The highest BCUT2D eigenvalue weighted by Crippen LogP contribution is 2.07. The van der Waals surface area contributed by atoms with Crippen LogP contribution in [0, 0.1) is 0 Å².